The van der Waals surface area contributed by atoms with Gasteiger partial charge < -0.3 is 14.6 Å². The summed E-state index contributed by atoms with van der Waals surface area (Å²) in [4.78, 5) is 29.1. The second-order valence-corrected chi connectivity index (χ2v) is 7.91. The van der Waals surface area contributed by atoms with Crippen molar-refractivity contribution in [1.82, 2.24) is 14.4 Å². The Kier molecular flexibility index (Phi) is 5.08. The lowest BCUT2D eigenvalue weighted by molar-refractivity contribution is -0.0878. The largest absolute Gasteiger partial charge is 0.383 e. The summed E-state index contributed by atoms with van der Waals surface area (Å²) in [5.41, 5.74) is 0.149. The van der Waals surface area contributed by atoms with Crippen molar-refractivity contribution < 1.29 is 9.90 Å². The van der Waals surface area contributed by atoms with Crippen LogP contribution in [0.5, 0.6) is 0 Å². The number of rotatable bonds is 3. The first-order valence-electron chi connectivity index (χ1n) is 9.97. The molecule has 2 atom stereocenters. The third kappa shape index (κ3) is 3.38. The standard InChI is InChI=1S/C22H27N3O3/c1-23-13-9-17(15-20(23)26)21(27)25-14-10-22(28,18-7-3-2-4-8-18)19(16-25)24-11-5-6-12-24/h2-4,7-9,13,15,19,28H,5-6,10-12,14,16H2,1H3/t19-,22+/m1/s1. The third-order valence-corrected chi connectivity index (χ3v) is 6.20. The molecule has 6 nitrogen and oxygen atoms in total. The maximum Gasteiger partial charge on any atom is 0.254 e. The predicted molar refractivity (Wildman–Crippen MR) is 107 cm³/mol. The summed E-state index contributed by atoms with van der Waals surface area (Å²) in [6, 6.07) is 12.7. The molecule has 4 rings (SSSR count). The summed E-state index contributed by atoms with van der Waals surface area (Å²) in [6.07, 6.45) is 4.33. The van der Waals surface area contributed by atoms with E-state index < -0.39 is 5.60 Å². The molecule has 0 aliphatic carbocycles. The Morgan fingerprint density at radius 3 is 2.50 bits per heavy atom. The number of carbonyl (C=O) groups excluding carboxylic acids is 1. The van der Waals surface area contributed by atoms with Crippen LogP contribution in [0.2, 0.25) is 0 Å². The molecule has 2 aromatic rings. The van der Waals surface area contributed by atoms with Gasteiger partial charge in [-0.25, -0.2) is 0 Å². The van der Waals surface area contributed by atoms with Gasteiger partial charge in [-0.15, -0.1) is 0 Å². The maximum atomic E-state index is 13.0. The van der Waals surface area contributed by atoms with E-state index in [9.17, 15) is 14.7 Å². The van der Waals surface area contributed by atoms with Gasteiger partial charge in [0.05, 0.1) is 6.04 Å². The lowest BCUT2D eigenvalue weighted by atomic mass is 9.79. The van der Waals surface area contributed by atoms with Crippen LogP contribution < -0.4 is 5.56 Å². The summed E-state index contributed by atoms with van der Waals surface area (Å²) in [5, 5.41) is 11.7. The molecule has 1 aromatic heterocycles. The Morgan fingerprint density at radius 2 is 1.82 bits per heavy atom. The molecule has 2 aliphatic heterocycles. The zero-order valence-electron chi connectivity index (χ0n) is 16.3. The number of likely N-dealkylation sites (tertiary alicyclic amines) is 2. The van der Waals surface area contributed by atoms with Gasteiger partial charge in [-0.2, -0.15) is 0 Å². The summed E-state index contributed by atoms with van der Waals surface area (Å²) >= 11 is 0. The van der Waals surface area contributed by atoms with Gasteiger partial charge in [0.2, 0.25) is 0 Å². The average molecular weight is 381 g/mol. The highest BCUT2D eigenvalue weighted by Crippen LogP contribution is 2.37. The van der Waals surface area contributed by atoms with Gasteiger partial charge in [-0.3, -0.25) is 14.5 Å². The fourth-order valence-electron chi connectivity index (χ4n) is 4.51. The number of hydrogen-bond donors (Lipinski definition) is 1. The number of benzene rings is 1. The molecule has 2 aliphatic rings. The fraction of sp³-hybridized carbons (Fsp3) is 0.455. The monoisotopic (exact) mass is 381 g/mol. The number of pyridine rings is 1. The molecule has 148 valence electrons. The molecule has 28 heavy (non-hydrogen) atoms. The zero-order valence-corrected chi connectivity index (χ0v) is 16.3. The molecule has 2 fully saturated rings. The van der Waals surface area contributed by atoms with Crippen molar-refractivity contribution in [3.05, 3.63) is 70.1 Å². The highest BCUT2D eigenvalue weighted by atomic mass is 16.3. The van der Waals surface area contributed by atoms with E-state index in [1.807, 2.05) is 30.3 Å². The van der Waals surface area contributed by atoms with Crippen molar-refractivity contribution in [3.8, 4) is 0 Å². The number of amides is 1. The van der Waals surface area contributed by atoms with Gasteiger partial charge in [0.25, 0.3) is 11.5 Å². The number of hydrogen-bond acceptors (Lipinski definition) is 4. The third-order valence-electron chi connectivity index (χ3n) is 6.20. The molecule has 1 N–H and O–H groups in total. The van der Waals surface area contributed by atoms with Crippen LogP contribution in [0.4, 0.5) is 0 Å². The Morgan fingerprint density at radius 1 is 1.11 bits per heavy atom. The second-order valence-electron chi connectivity index (χ2n) is 7.91. The Bertz CT molecular complexity index is 905. The Hall–Kier alpha value is -2.44. The van der Waals surface area contributed by atoms with Gasteiger partial charge in [-0.05, 0) is 44.0 Å². The molecule has 6 heteroatoms. The number of nitrogens with zero attached hydrogens (tertiary/aromatic N) is 3. The van der Waals surface area contributed by atoms with Gasteiger partial charge in [0.15, 0.2) is 0 Å². The molecule has 1 amide bonds. The van der Waals surface area contributed by atoms with Crippen molar-refractivity contribution in [1.29, 1.82) is 0 Å². The van der Waals surface area contributed by atoms with Crippen molar-refractivity contribution in [2.24, 2.45) is 7.05 Å². The van der Waals surface area contributed by atoms with Gasteiger partial charge in [-0.1, -0.05) is 30.3 Å². The minimum absolute atomic E-state index is 0.142. The van der Waals surface area contributed by atoms with Crippen LogP contribution in [-0.2, 0) is 12.6 Å². The topological polar surface area (TPSA) is 65.8 Å². The molecule has 1 aromatic carbocycles. The molecule has 0 unspecified atom stereocenters. The minimum atomic E-state index is -0.977. The number of piperidine rings is 1. The number of aryl methyl sites for hydroxylation is 1. The SMILES string of the molecule is Cn1ccc(C(=O)N2CC[C@](O)(c3ccccc3)[C@H](N3CCCC3)C2)cc1=O. The maximum absolute atomic E-state index is 13.0. The summed E-state index contributed by atoms with van der Waals surface area (Å²) in [6.45, 7) is 2.80. The lowest BCUT2D eigenvalue weighted by Gasteiger charge is -2.48. The predicted octanol–water partition coefficient (Wildman–Crippen LogP) is 1.58. The number of aliphatic hydroxyl groups is 1. The van der Waals surface area contributed by atoms with E-state index in [1.165, 1.54) is 10.6 Å². The summed E-state index contributed by atoms with van der Waals surface area (Å²) in [7, 11) is 1.67. The van der Waals surface area contributed by atoms with Crippen LogP contribution >= 0.6 is 0 Å². The van der Waals surface area contributed by atoms with Crippen LogP contribution in [0.15, 0.2) is 53.5 Å². The minimum Gasteiger partial charge on any atom is -0.383 e. The van der Waals surface area contributed by atoms with Crippen LogP contribution in [0, 0.1) is 0 Å². The molecule has 0 saturated carbocycles. The first-order valence-corrected chi connectivity index (χ1v) is 9.97. The van der Waals surface area contributed by atoms with Crippen LogP contribution in [0.1, 0.15) is 35.2 Å². The van der Waals surface area contributed by atoms with E-state index in [-0.39, 0.29) is 17.5 Å². The van der Waals surface area contributed by atoms with E-state index in [4.69, 9.17) is 0 Å². The van der Waals surface area contributed by atoms with Gasteiger partial charge in [0, 0.05) is 38.0 Å². The smallest absolute Gasteiger partial charge is 0.254 e. The Labute approximate surface area is 165 Å². The molecule has 0 radical (unpaired) electrons. The molecular weight excluding hydrogens is 354 g/mol. The lowest BCUT2D eigenvalue weighted by Crippen LogP contribution is -2.61. The van der Waals surface area contributed by atoms with E-state index in [0.29, 0.717) is 25.1 Å². The van der Waals surface area contributed by atoms with Crippen molar-refractivity contribution >= 4 is 5.91 Å². The molecule has 0 bridgehead atoms. The van der Waals surface area contributed by atoms with Gasteiger partial charge >= 0.3 is 0 Å². The van der Waals surface area contributed by atoms with Crippen LogP contribution in [0.3, 0.4) is 0 Å². The average Bonchev–Trinajstić information content (AvgIpc) is 3.25. The molecular formula is C22H27N3O3. The summed E-state index contributed by atoms with van der Waals surface area (Å²) < 4.78 is 1.45. The highest BCUT2D eigenvalue weighted by molar-refractivity contribution is 5.94. The van der Waals surface area contributed by atoms with Crippen LogP contribution in [0.25, 0.3) is 0 Å². The van der Waals surface area contributed by atoms with Crippen molar-refractivity contribution in [3.63, 3.8) is 0 Å². The Balaban J connectivity index is 1.62. The highest BCUT2D eigenvalue weighted by Gasteiger charge is 2.47. The van der Waals surface area contributed by atoms with Crippen molar-refractivity contribution in [2.45, 2.75) is 30.9 Å². The molecule has 3 heterocycles. The van der Waals surface area contributed by atoms with E-state index in [0.717, 1.165) is 31.5 Å². The van der Waals surface area contributed by atoms with E-state index in [2.05, 4.69) is 4.90 Å². The first kappa shape index (κ1) is 18.9. The van der Waals surface area contributed by atoms with Gasteiger partial charge in [0.1, 0.15) is 5.60 Å². The number of aromatic nitrogens is 1. The zero-order chi connectivity index (χ0) is 19.7. The number of carbonyl (C=O) groups is 1. The van der Waals surface area contributed by atoms with Crippen LogP contribution in [-0.4, -0.2) is 57.6 Å². The molecule has 0 spiro atoms. The normalized spacial score (nSPS) is 25.8. The van der Waals surface area contributed by atoms with Crippen molar-refractivity contribution in [2.75, 3.05) is 26.2 Å². The fourth-order valence-corrected chi connectivity index (χ4v) is 4.51. The second kappa shape index (κ2) is 7.53. The first-order chi connectivity index (χ1) is 13.5. The quantitative estimate of drug-likeness (QED) is 0.877. The van der Waals surface area contributed by atoms with E-state index in [1.54, 1.807) is 24.2 Å². The molecule has 2 saturated heterocycles. The van der Waals surface area contributed by atoms with E-state index >= 15 is 0 Å². The summed E-state index contributed by atoms with van der Waals surface area (Å²) in [5.74, 6) is -0.142.